The third-order valence-corrected chi connectivity index (χ3v) is 7.22. The van der Waals surface area contributed by atoms with E-state index in [1.165, 1.54) is 0 Å². The first-order valence-corrected chi connectivity index (χ1v) is 13.9. The van der Waals surface area contributed by atoms with E-state index in [9.17, 15) is 14.7 Å². The van der Waals surface area contributed by atoms with Gasteiger partial charge < -0.3 is 14.9 Å². The van der Waals surface area contributed by atoms with Crippen LogP contribution in [0.3, 0.4) is 0 Å². The molecule has 42 heavy (non-hydrogen) atoms. The van der Waals surface area contributed by atoms with Gasteiger partial charge >= 0.3 is 5.97 Å². The number of carboxylic acid groups (broad SMARTS) is 1. The zero-order chi connectivity index (χ0) is 29.9. The van der Waals surface area contributed by atoms with E-state index in [4.69, 9.17) is 16.1 Å². The van der Waals surface area contributed by atoms with Gasteiger partial charge in [0.05, 0.1) is 0 Å². The van der Waals surface area contributed by atoms with Crippen LogP contribution in [0.25, 0.3) is 34.0 Å². The van der Waals surface area contributed by atoms with Crippen LogP contribution in [-0.2, 0) is 16.6 Å². The van der Waals surface area contributed by atoms with Gasteiger partial charge in [-0.2, -0.15) is 4.98 Å². The summed E-state index contributed by atoms with van der Waals surface area (Å²) in [6, 6.07) is 28.7. The molecule has 8 heteroatoms. The van der Waals surface area contributed by atoms with Crippen LogP contribution in [0.15, 0.2) is 102 Å². The smallest absolute Gasteiger partial charge is 0.326 e. The monoisotopic (exact) mass is 579 g/mol. The number of hydrogen-bond acceptors (Lipinski definition) is 5. The molecule has 0 aliphatic rings. The number of nitrogens with zero attached hydrogens (tertiary/aromatic N) is 2. The van der Waals surface area contributed by atoms with E-state index in [0.717, 1.165) is 33.4 Å². The first-order chi connectivity index (χ1) is 20.1. The van der Waals surface area contributed by atoms with Crippen molar-refractivity contribution in [3.63, 3.8) is 0 Å². The van der Waals surface area contributed by atoms with Gasteiger partial charge in [0.15, 0.2) is 0 Å². The Morgan fingerprint density at radius 2 is 1.50 bits per heavy atom. The number of carboxylic acids is 1. The summed E-state index contributed by atoms with van der Waals surface area (Å²) >= 11 is 6.11. The van der Waals surface area contributed by atoms with E-state index >= 15 is 0 Å². The molecule has 1 amide bonds. The second kappa shape index (κ2) is 12.0. The summed E-state index contributed by atoms with van der Waals surface area (Å²) < 4.78 is 5.50. The molecule has 7 nitrogen and oxygen atoms in total. The van der Waals surface area contributed by atoms with Crippen LogP contribution in [0.1, 0.15) is 42.3 Å². The Morgan fingerprint density at radius 1 is 0.857 bits per heavy atom. The Morgan fingerprint density at radius 3 is 2.12 bits per heavy atom. The van der Waals surface area contributed by atoms with Crippen LogP contribution < -0.4 is 5.32 Å². The predicted octanol–water partition coefficient (Wildman–Crippen LogP) is 7.45. The van der Waals surface area contributed by atoms with Crippen molar-refractivity contribution in [1.29, 1.82) is 0 Å². The van der Waals surface area contributed by atoms with E-state index in [1.54, 1.807) is 36.4 Å². The van der Waals surface area contributed by atoms with Crippen LogP contribution in [0, 0.1) is 0 Å². The van der Waals surface area contributed by atoms with Crippen LogP contribution in [0.4, 0.5) is 0 Å². The highest BCUT2D eigenvalue weighted by molar-refractivity contribution is 6.30. The summed E-state index contributed by atoms with van der Waals surface area (Å²) in [6.45, 7) is 6.27. The number of carbonyl (C=O) groups excluding carboxylic acids is 1. The number of rotatable bonds is 8. The van der Waals surface area contributed by atoms with Gasteiger partial charge in [-0.1, -0.05) is 98.2 Å². The van der Waals surface area contributed by atoms with E-state index in [1.807, 2.05) is 60.7 Å². The Kier molecular flexibility index (Phi) is 8.22. The van der Waals surface area contributed by atoms with Crippen molar-refractivity contribution in [2.24, 2.45) is 0 Å². The van der Waals surface area contributed by atoms with Gasteiger partial charge in [-0.25, -0.2) is 4.79 Å². The third-order valence-electron chi connectivity index (χ3n) is 6.98. The molecule has 1 heterocycles. The molecule has 0 unspecified atom stereocenters. The molecule has 0 fully saturated rings. The number of aromatic nitrogens is 2. The SMILES string of the molecule is CC(C)(C)c1ccc(C(=O)N[C@@H](Cc2ccc(-c3noc(-c4ccc(-c5cccc(Cl)c5)cc4)n3)cc2)C(=O)O)cc1. The standard InChI is InChI=1S/C34H30ClN3O4/c1-34(2,3)27-17-15-24(16-18-27)31(39)36-29(33(40)41)19-21-7-9-23(10-8-21)30-37-32(42-38-30)25-13-11-22(12-14-25)26-5-4-6-28(35)20-26/h4-18,20,29H,19H2,1-3H3,(H,36,39)(H,40,41)/t29-/m0/s1. The lowest BCUT2D eigenvalue weighted by Crippen LogP contribution is -2.42. The molecule has 0 spiro atoms. The number of nitrogens with one attached hydrogen (secondary N) is 1. The summed E-state index contributed by atoms with van der Waals surface area (Å²) in [6.07, 6.45) is 0.123. The van der Waals surface area contributed by atoms with Crippen molar-refractivity contribution in [2.75, 3.05) is 0 Å². The average molecular weight is 580 g/mol. The first-order valence-electron chi connectivity index (χ1n) is 13.5. The number of carbonyl (C=O) groups is 2. The van der Waals surface area contributed by atoms with Crippen molar-refractivity contribution in [3.05, 3.63) is 119 Å². The number of benzene rings is 4. The molecule has 0 aliphatic heterocycles. The molecule has 2 N–H and O–H groups in total. The van der Waals surface area contributed by atoms with Crippen molar-refractivity contribution >= 4 is 23.5 Å². The highest BCUT2D eigenvalue weighted by atomic mass is 35.5. The summed E-state index contributed by atoms with van der Waals surface area (Å²) in [5.41, 5.74) is 5.74. The van der Waals surface area contributed by atoms with E-state index < -0.39 is 17.9 Å². The lowest BCUT2D eigenvalue weighted by atomic mass is 9.86. The van der Waals surface area contributed by atoms with Crippen molar-refractivity contribution < 1.29 is 19.2 Å². The predicted molar refractivity (Wildman–Crippen MR) is 163 cm³/mol. The number of hydrogen-bond donors (Lipinski definition) is 2. The summed E-state index contributed by atoms with van der Waals surface area (Å²) in [5.74, 6) is -0.740. The normalized spacial score (nSPS) is 12.1. The van der Waals surface area contributed by atoms with Crippen LogP contribution in [0.2, 0.25) is 5.02 Å². The molecule has 0 saturated carbocycles. The summed E-state index contributed by atoms with van der Waals surface area (Å²) in [7, 11) is 0. The van der Waals surface area contributed by atoms with Gasteiger partial charge in [0.2, 0.25) is 5.82 Å². The molecule has 0 radical (unpaired) electrons. The topological polar surface area (TPSA) is 105 Å². The molecular weight excluding hydrogens is 550 g/mol. The van der Waals surface area contributed by atoms with Gasteiger partial charge in [-0.05, 0) is 64.1 Å². The van der Waals surface area contributed by atoms with Gasteiger partial charge in [-0.15, -0.1) is 0 Å². The molecule has 1 aromatic heterocycles. The van der Waals surface area contributed by atoms with Crippen molar-refractivity contribution in [1.82, 2.24) is 15.5 Å². The van der Waals surface area contributed by atoms with Gasteiger partial charge in [0.25, 0.3) is 11.8 Å². The maximum Gasteiger partial charge on any atom is 0.326 e. The zero-order valence-electron chi connectivity index (χ0n) is 23.5. The molecule has 0 bridgehead atoms. The van der Waals surface area contributed by atoms with Gasteiger partial charge in [0, 0.05) is 28.1 Å². The van der Waals surface area contributed by atoms with E-state index in [-0.39, 0.29) is 11.8 Å². The number of amides is 1. The van der Waals surface area contributed by atoms with Gasteiger partial charge in [-0.3, -0.25) is 4.79 Å². The highest BCUT2D eigenvalue weighted by Crippen LogP contribution is 2.27. The average Bonchev–Trinajstić information content (AvgIpc) is 3.47. The minimum absolute atomic E-state index is 0.0440. The lowest BCUT2D eigenvalue weighted by molar-refractivity contribution is -0.139. The van der Waals surface area contributed by atoms with Crippen LogP contribution in [-0.4, -0.2) is 33.2 Å². The van der Waals surface area contributed by atoms with Crippen molar-refractivity contribution in [3.8, 4) is 34.0 Å². The Balaban J connectivity index is 1.24. The first kappa shape index (κ1) is 28.8. The fourth-order valence-corrected chi connectivity index (χ4v) is 4.71. The quantitative estimate of drug-likeness (QED) is 0.198. The summed E-state index contributed by atoms with van der Waals surface area (Å²) in [5, 5.41) is 17.2. The van der Waals surface area contributed by atoms with Gasteiger partial charge in [0.1, 0.15) is 6.04 Å². The molecule has 5 aromatic rings. The van der Waals surface area contributed by atoms with Crippen LogP contribution in [0.5, 0.6) is 0 Å². The largest absolute Gasteiger partial charge is 0.480 e. The number of aliphatic carboxylic acids is 1. The van der Waals surface area contributed by atoms with Crippen molar-refractivity contribution in [2.45, 2.75) is 38.6 Å². The lowest BCUT2D eigenvalue weighted by Gasteiger charge is -2.19. The Labute approximate surface area is 249 Å². The minimum Gasteiger partial charge on any atom is -0.480 e. The highest BCUT2D eigenvalue weighted by Gasteiger charge is 2.22. The Bertz CT molecular complexity index is 1700. The zero-order valence-corrected chi connectivity index (χ0v) is 24.2. The maximum absolute atomic E-state index is 12.8. The third kappa shape index (κ3) is 6.75. The molecule has 4 aromatic carbocycles. The second-order valence-electron chi connectivity index (χ2n) is 11.1. The fraction of sp³-hybridized carbons (Fsp3) is 0.176. The van der Waals surface area contributed by atoms with E-state index in [2.05, 4.69) is 36.2 Å². The molecule has 0 saturated heterocycles. The molecular formula is C34H30ClN3O4. The second-order valence-corrected chi connectivity index (χ2v) is 11.5. The fourth-order valence-electron chi connectivity index (χ4n) is 4.52. The van der Waals surface area contributed by atoms with E-state index in [0.29, 0.717) is 22.3 Å². The minimum atomic E-state index is -1.11. The van der Waals surface area contributed by atoms with Crippen LogP contribution >= 0.6 is 11.6 Å². The Hall–Kier alpha value is -4.75. The molecule has 5 rings (SSSR count). The maximum atomic E-state index is 12.8. The number of halogens is 1. The molecule has 1 atom stereocenters. The molecule has 0 aliphatic carbocycles. The summed E-state index contributed by atoms with van der Waals surface area (Å²) in [4.78, 5) is 29.2. The molecule has 212 valence electrons.